The van der Waals surface area contributed by atoms with Crippen LogP contribution in [0.3, 0.4) is 0 Å². The number of rotatable bonds is 6. The molecule has 0 spiro atoms. The molecule has 5 nitrogen and oxygen atoms in total. The Morgan fingerprint density at radius 3 is 2.24 bits per heavy atom. The second-order valence-corrected chi connectivity index (χ2v) is 8.81. The van der Waals surface area contributed by atoms with Gasteiger partial charge in [-0.05, 0) is 49.7 Å². The minimum Gasteiger partial charge on any atom is -0.345 e. The normalized spacial score (nSPS) is 12.2. The Hall–Kier alpha value is -2.83. The lowest BCUT2D eigenvalue weighted by atomic mass is 10.1. The number of amides is 1. The molecule has 0 aliphatic heterocycles. The fraction of sp³-hybridized carbons (Fsp3) is 0.136. The third-order valence-corrected chi connectivity index (χ3v) is 6.15. The molecular weight excluding hydrogens is 408 g/mol. The number of benzene rings is 3. The number of sulfonamides is 1. The number of carbonyl (C=O) groups excluding carboxylic acids is 1. The quantitative estimate of drug-likeness (QED) is 0.583. The molecule has 0 aromatic heterocycles. The zero-order valence-corrected chi connectivity index (χ0v) is 17.6. The van der Waals surface area contributed by atoms with E-state index in [4.69, 9.17) is 11.6 Å². The van der Waals surface area contributed by atoms with E-state index in [1.165, 1.54) is 30.3 Å². The number of anilines is 1. The molecule has 3 aromatic rings. The van der Waals surface area contributed by atoms with Crippen molar-refractivity contribution in [2.24, 2.45) is 0 Å². The van der Waals surface area contributed by atoms with E-state index in [1.807, 2.05) is 38.1 Å². The van der Waals surface area contributed by atoms with Crippen LogP contribution in [0.5, 0.6) is 0 Å². The fourth-order valence-electron chi connectivity index (χ4n) is 2.79. The molecule has 150 valence electrons. The maximum absolute atomic E-state index is 12.6. The predicted molar refractivity (Wildman–Crippen MR) is 116 cm³/mol. The van der Waals surface area contributed by atoms with E-state index in [9.17, 15) is 13.2 Å². The van der Waals surface area contributed by atoms with Gasteiger partial charge in [-0.2, -0.15) is 0 Å². The highest BCUT2D eigenvalue weighted by molar-refractivity contribution is 7.92. The number of hydrogen-bond acceptors (Lipinski definition) is 3. The molecule has 0 saturated heterocycles. The van der Waals surface area contributed by atoms with Gasteiger partial charge in [-0.25, -0.2) is 8.42 Å². The Morgan fingerprint density at radius 1 is 0.966 bits per heavy atom. The first-order chi connectivity index (χ1) is 13.8. The maximum Gasteiger partial charge on any atom is 0.261 e. The van der Waals surface area contributed by atoms with Gasteiger partial charge in [-0.15, -0.1) is 0 Å². The average Bonchev–Trinajstić information content (AvgIpc) is 2.69. The Kier molecular flexibility index (Phi) is 6.25. The Morgan fingerprint density at radius 2 is 1.62 bits per heavy atom. The average molecular weight is 429 g/mol. The molecule has 0 aliphatic carbocycles. The van der Waals surface area contributed by atoms with Crippen LogP contribution in [-0.2, 0) is 10.0 Å². The summed E-state index contributed by atoms with van der Waals surface area (Å²) in [6.07, 6.45) is 0. The van der Waals surface area contributed by atoms with Crippen LogP contribution in [0.2, 0.25) is 5.02 Å². The lowest BCUT2D eigenvalue weighted by molar-refractivity contribution is 0.0940. The van der Waals surface area contributed by atoms with Crippen LogP contribution in [0, 0.1) is 6.92 Å². The summed E-state index contributed by atoms with van der Waals surface area (Å²) in [6.45, 7) is 3.89. The van der Waals surface area contributed by atoms with E-state index in [1.54, 1.807) is 18.2 Å². The number of aryl methyl sites for hydroxylation is 1. The van der Waals surface area contributed by atoms with Gasteiger partial charge in [-0.3, -0.25) is 9.52 Å². The summed E-state index contributed by atoms with van der Waals surface area (Å²) >= 11 is 6.25. The number of hydrogen-bond donors (Lipinski definition) is 2. The van der Waals surface area contributed by atoms with Crippen molar-refractivity contribution in [3.05, 3.63) is 94.5 Å². The van der Waals surface area contributed by atoms with Gasteiger partial charge in [0.2, 0.25) is 0 Å². The summed E-state index contributed by atoms with van der Waals surface area (Å²) in [6, 6.07) is 20.2. The Bertz CT molecular complexity index is 1110. The van der Waals surface area contributed by atoms with Gasteiger partial charge in [0.15, 0.2) is 0 Å². The molecule has 0 fully saturated rings. The molecule has 1 amide bonds. The van der Waals surface area contributed by atoms with E-state index in [-0.39, 0.29) is 33.1 Å². The highest BCUT2D eigenvalue weighted by Crippen LogP contribution is 2.24. The van der Waals surface area contributed by atoms with Gasteiger partial charge in [0.25, 0.3) is 15.9 Å². The zero-order chi connectivity index (χ0) is 21.0. The molecule has 1 atom stereocenters. The van der Waals surface area contributed by atoms with E-state index in [0.29, 0.717) is 0 Å². The highest BCUT2D eigenvalue weighted by atomic mass is 35.5. The Labute approximate surface area is 175 Å². The van der Waals surface area contributed by atoms with E-state index in [0.717, 1.165) is 11.1 Å². The van der Waals surface area contributed by atoms with Gasteiger partial charge >= 0.3 is 0 Å². The van der Waals surface area contributed by atoms with Crippen LogP contribution in [0.1, 0.15) is 34.5 Å². The molecular formula is C22H21ClN2O3S. The summed E-state index contributed by atoms with van der Waals surface area (Å²) < 4.78 is 27.3. The number of nitrogens with one attached hydrogen (secondary N) is 2. The molecule has 0 aliphatic rings. The van der Waals surface area contributed by atoms with Crippen molar-refractivity contribution in [2.45, 2.75) is 24.8 Å². The summed E-state index contributed by atoms with van der Waals surface area (Å²) in [5, 5.41) is 3.06. The zero-order valence-electron chi connectivity index (χ0n) is 16.0. The van der Waals surface area contributed by atoms with Crippen molar-refractivity contribution in [2.75, 3.05) is 4.72 Å². The summed E-state index contributed by atoms with van der Waals surface area (Å²) in [7, 11) is -3.73. The molecule has 2 N–H and O–H groups in total. The third kappa shape index (κ3) is 5.16. The van der Waals surface area contributed by atoms with Crippen LogP contribution >= 0.6 is 11.6 Å². The fourth-order valence-corrected chi connectivity index (χ4v) is 4.13. The molecule has 3 rings (SSSR count). The predicted octanol–water partition coefficient (Wildman–Crippen LogP) is 4.94. The van der Waals surface area contributed by atoms with Crippen molar-refractivity contribution in [1.29, 1.82) is 0 Å². The van der Waals surface area contributed by atoms with E-state index in [2.05, 4.69) is 10.0 Å². The monoisotopic (exact) mass is 428 g/mol. The van der Waals surface area contributed by atoms with Crippen LogP contribution in [0.25, 0.3) is 0 Å². The van der Waals surface area contributed by atoms with Crippen LogP contribution in [0.4, 0.5) is 5.69 Å². The minimum atomic E-state index is -3.73. The summed E-state index contributed by atoms with van der Waals surface area (Å²) in [4.78, 5) is 12.7. The third-order valence-electron chi connectivity index (χ3n) is 4.44. The minimum absolute atomic E-state index is 0.143. The summed E-state index contributed by atoms with van der Waals surface area (Å²) in [5.74, 6) is -0.333. The maximum atomic E-state index is 12.6. The van der Waals surface area contributed by atoms with Crippen LogP contribution in [0.15, 0.2) is 77.7 Å². The molecule has 0 unspecified atom stereocenters. The van der Waals surface area contributed by atoms with Gasteiger partial charge in [-0.1, -0.05) is 59.6 Å². The smallest absolute Gasteiger partial charge is 0.261 e. The molecule has 0 saturated carbocycles. The molecule has 0 heterocycles. The van der Waals surface area contributed by atoms with Crippen LogP contribution in [-0.4, -0.2) is 14.3 Å². The standard InChI is InChI=1S/C22H21ClN2O3S/c1-15-8-10-17(11-9-15)16(2)24-22(26)20-13-12-18(14-21(20)23)25-29(27,28)19-6-4-3-5-7-19/h3-14,16,25H,1-2H3,(H,24,26)/t16-/m1/s1. The van der Waals surface area contributed by atoms with Gasteiger partial charge in [0, 0.05) is 0 Å². The molecule has 7 heteroatoms. The van der Waals surface area contributed by atoms with Crippen molar-refractivity contribution in [3.8, 4) is 0 Å². The molecule has 3 aromatic carbocycles. The molecule has 0 radical (unpaired) electrons. The summed E-state index contributed by atoms with van der Waals surface area (Å²) in [5.41, 5.74) is 2.67. The van der Waals surface area contributed by atoms with Crippen molar-refractivity contribution >= 4 is 33.2 Å². The highest BCUT2D eigenvalue weighted by Gasteiger charge is 2.17. The van der Waals surface area contributed by atoms with Crippen LogP contribution < -0.4 is 10.0 Å². The second-order valence-electron chi connectivity index (χ2n) is 6.72. The van der Waals surface area contributed by atoms with Gasteiger partial charge < -0.3 is 5.32 Å². The molecule has 0 bridgehead atoms. The number of halogens is 1. The van der Waals surface area contributed by atoms with Crippen molar-refractivity contribution in [1.82, 2.24) is 5.32 Å². The van der Waals surface area contributed by atoms with Gasteiger partial charge in [0.05, 0.1) is 27.2 Å². The second kappa shape index (κ2) is 8.68. The number of carbonyl (C=O) groups is 1. The lowest BCUT2D eigenvalue weighted by Gasteiger charge is -2.16. The topological polar surface area (TPSA) is 75.3 Å². The van der Waals surface area contributed by atoms with E-state index < -0.39 is 10.0 Å². The first-order valence-corrected chi connectivity index (χ1v) is 10.9. The van der Waals surface area contributed by atoms with Crippen molar-refractivity contribution < 1.29 is 13.2 Å². The van der Waals surface area contributed by atoms with Crippen molar-refractivity contribution in [3.63, 3.8) is 0 Å². The first-order valence-electron chi connectivity index (χ1n) is 9.01. The lowest BCUT2D eigenvalue weighted by Crippen LogP contribution is -2.27. The largest absolute Gasteiger partial charge is 0.345 e. The Balaban J connectivity index is 1.73. The molecule has 29 heavy (non-hydrogen) atoms. The van der Waals surface area contributed by atoms with Gasteiger partial charge in [0.1, 0.15) is 0 Å². The first kappa shape index (κ1) is 20.9. The van der Waals surface area contributed by atoms with E-state index >= 15 is 0 Å². The SMILES string of the molecule is Cc1ccc([C@@H](C)NC(=O)c2ccc(NS(=O)(=O)c3ccccc3)cc2Cl)cc1.